The van der Waals surface area contributed by atoms with Gasteiger partial charge in [0.15, 0.2) is 0 Å². The van der Waals surface area contributed by atoms with Crippen LogP contribution in [0.25, 0.3) is 0 Å². The molecule has 0 aliphatic carbocycles. The highest BCUT2D eigenvalue weighted by molar-refractivity contribution is 7.89. The molecule has 2 heterocycles. The number of halogens is 1. The molecule has 0 spiro atoms. The lowest BCUT2D eigenvalue weighted by Crippen LogP contribution is -2.52. The van der Waals surface area contributed by atoms with Crippen LogP contribution in [0.15, 0.2) is 29.2 Å². The minimum atomic E-state index is -3.93. The van der Waals surface area contributed by atoms with Crippen molar-refractivity contribution < 1.29 is 26.0 Å². The molecule has 1 amide bonds. The molecule has 0 unspecified atom stereocenters. The fourth-order valence-electron chi connectivity index (χ4n) is 3.63. The maximum atomic E-state index is 13.9. The normalized spacial score (nSPS) is 21.0. The number of piperidine rings is 1. The van der Waals surface area contributed by atoms with Crippen molar-refractivity contribution in [1.29, 1.82) is 0 Å². The third-order valence-corrected chi connectivity index (χ3v) is 8.51. The van der Waals surface area contributed by atoms with Gasteiger partial charge in [0.1, 0.15) is 10.7 Å². The molecule has 0 saturated carbocycles. The van der Waals surface area contributed by atoms with E-state index in [0.29, 0.717) is 25.9 Å². The van der Waals surface area contributed by atoms with E-state index in [1.807, 2.05) is 0 Å². The summed E-state index contributed by atoms with van der Waals surface area (Å²) in [6, 6.07) is 5.26. The van der Waals surface area contributed by atoms with E-state index in [1.165, 1.54) is 26.8 Å². The number of carbonyl (C=O) groups excluding carboxylic acids is 1. The summed E-state index contributed by atoms with van der Waals surface area (Å²) >= 11 is 0. The van der Waals surface area contributed by atoms with Crippen LogP contribution in [0.3, 0.4) is 0 Å². The first-order valence-corrected chi connectivity index (χ1v) is 12.4. The Balaban J connectivity index is 1.58. The summed E-state index contributed by atoms with van der Waals surface area (Å²) in [5.74, 6) is -1.17. The quantitative estimate of drug-likeness (QED) is 0.682. The first-order valence-electron chi connectivity index (χ1n) is 9.09. The topological polar surface area (TPSA) is 95.1 Å². The SMILES string of the molecule is CS(=O)(=O)N1CCN(C(=O)C2CCN(S(=O)(=O)c3ccccc3F)CC2)CC1. The number of nitrogens with zero attached hydrogens (tertiary/aromatic N) is 3. The number of hydrogen-bond donors (Lipinski definition) is 0. The minimum absolute atomic E-state index is 0.0731. The highest BCUT2D eigenvalue weighted by Crippen LogP contribution is 2.26. The van der Waals surface area contributed by atoms with Crippen molar-refractivity contribution in [3.8, 4) is 0 Å². The van der Waals surface area contributed by atoms with Crippen LogP contribution in [0.4, 0.5) is 4.39 Å². The zero-order chi connectivity index (χ0) is 20.5. The van der Waals surface area contributed by atoms with Gasteiger partial charge in [0.25, 0.3) is 0 Å². The standard InChI is InChI=1S/C17H24FN3O5S2/c1-27(23,24)20-12-10-19(11-13-20)17(22)14-6-8-21(9-7-14)28(25,26)16-5-3-2-4-15(16)18/h2-5,14H,6-13H2,1H3. The lowest BCUT2D eigenvalue weighted by molar-refractivity contribution is -0.137. The van der Waals surface area contributed by atoms with Gasteiger partial charge in [0.05, 0.1) is 6.26 Å². The average Bonchev–Trinajstić information content (AvgIpc) is 2.67. The van der Waals surface area contributed by atoms with E-state index in [1.54, 1.807) is 4.90 Å². The Morgan fingerprint density at radius 3 is 2.04 bits per heavy atom. The second kappa shape index (κ2) is 8.05. The number of rotatable bonds is 4. The molecule has 11 heteroatoms. The number of benzene rings is 1. The van der Waals surface area contributed by atoms with Crippen molar-refractivity contribution in [2.75, 3.05) is 45.5 Å². The van der Waals surface area contributed by atoms with Crippen molar-refractivity contribution in [2.24, 2.45) is 5.92 Å². The summed E-state index contributed by atoms with van der Waals surface area (Å²) in [5.41, 5.74) is 0. The molecule has 3 rings (SSSR count). The largest absolute Gasteiger partial charge is 0.340 e. The third-order valence-electron chi connectivity index (χ3n) is 5.28. The molecular formula is C17H24FN3O5S2. The molecule has 2 fully saturated rings. The van der Waals surface area contributed by atoms with Gasteiger partial charge in [-0.25, -0.2) is 21.2 Å². The Morgan fingerprint density at radius 2 is 1.50 bits per heavy atom. The van der Waals surface area contributed by atoms with E-state index in [4.69, 9.17) is 0 Å². The fourth-order valence-corrected chi connectivity index (χ4v) is 6.00. The smallest absolute Gasteiger partial charge is 0.245 e. The van der Waals surface area contributed by atoms with Gasteiger partial charge in [-0.05, 0) is 25.0 Å². The molecule has 156 valence electrons. The first kappa shape index (κ1) is 21.2. The zero-order valence-corrected chi connectivity index (χ0v) is 17.3. The maximum Gasteiger partial charge on any atom is 0.245 e. The van der Waals surface area contributed by atoms with E-state index in [2.05, 4.69) is 0 Å². The van der Waals surface area contributed by atoms with Crippen LogP contribution < -0.4 is 0 Å². The van der Waals surface area contributed by atoms with Gasteiger partial charge in [0, 0.05) is 45.2 Å². The number of amides is 1. The summed E-state index contributed by atoms with van der Waals surface area (Å²) < 4.78 is 64.9. The second-order valence-corrected chi connectivity index (χ2v) is 11.0. The van der Waals surface area contributed by atoms with Gasteiger partial charge in [-0.3, -0.25) is 4.79 Å². The molecule has 28 heavy (non-hydrogen) atoms. The third kappa shape index (κ3) is 4.37. The Labute approximate surface area is 165 Å². The molecule has 0 aromatic heterocycles. The Hall–Kier alpha value is -1.56. The predicted molar refractivity (Wildman–Crippen MR) is 101 cm³/mol. The van der Waals surface area contributed by atoms with Crippen LogP contribution in [-0.2, 0) is 24.8 Å². The number of piperazine rings is 1. The van der Waals surface area contributed by atoms with Gasteiger partial charge in [-0.1, -0.05) is 12.1 Å². The fraction of sp³-hybridized carbons (Fsp3) is 0.588. The first-order chi connectivity index (χ1) is 13.1. The molecule has 0 atom stereocenters. The van der Waals surface area contributed by atoms with E-state index in [-0.39, 0.29) is 42.9 Å². The van der Waals surface area contributed by atoms with E-state index >= 15 is 0 Å². The molecule has 8 nitrogen and oxygen atoms in total. The lowest BCUT2D eigenvalue weighted by atomic mass is 9.96. The Kier molecular flexibility index (Phi) is 6.08. The van der Waals surface area contributed by atoms with Crippen LogP contribution in [-0.4, -0.2) is 81.8 Å². The van der Waals surface area contributed by atoms with Gasteiger partial charge in [0.2, 0.25) is 26.0 Å². The van der Waals surface area contributed by atoms with Crippen molar-refractivity contribution >= 4 is 26.0 Å². The van der Waals surface area contributed by atoms with E-state index in [9.17, 15) is 26.0 Å². The summed E-state index contributed by atoms with van der Waals surface area (Å²) in [5, 5.41) is 0. The van der Waals surface area contributed by atoms with Crippen molar-refractivity contribution in [2.45, 2.75) is 17.7 Å². The van der Waals surface area contributed by atoms with Crippen LogP contribution in [0, 0.1) is 11.7 Å². The van der Waals surface area contributed by atoms with Crippen molar-refractivity contribution in [3.05, 3.63) is 30.1 Å². The van der Waals surface area contributed by atoms with Crippen LogP contribution >= 0.6 is 0 Å². The summed E-state index contributed by atoms with van der Waals surface area (Å²) in [6.07, 6.45) is 1.87. The van der Waals surface area contributed by atoms with Gasteiger partial charge in [-0.2, -0.15) is 8.61 Å². The molecule has 0 N–H and O–H groups in total. The van der Waals surface area contributed by atoms with E-state index < -0.39 is 25.9 Å². The summed E-state index contributed by atoms with van der Waals surface area (Å²) in [4.78, 5) is 14.0. The van der Waals surface area contributed by atoms with Crippen LogP contribution in [0.1, 0.15) is 12.8 Å². The molecule has 1 aromatic carbocycles. The molecule has 0 bridgehead atoms. The summed E-state index contributed by atoms with van der Waals surface area (Å²) in [6.45, 7) is 1.50. The molecule has 2 aliphatic heterocycles. The second-order valence-electron chi connectivity index (χ2n) is 7.10. The molecule has 0 radical (unpaired) electrons. The highest BCUT2D eigenvalue weighted by Gasteiger charge is 2.36. The summed E-state index contributed by atoms with van der Waals surface area (Å²) in [7, 11) is -7.19. The molecule has 2 saturated heterocycles. The zero-order valence-electron chi connectivity index (χ0n) is 15.6. The monoisotopic (exact) mass is 433 g/mol. The molecule has 1 aromatic rings. The highest BCUT2D eigenvalue weighted by atomic mass is 32.2. The van der Waals surface area contributed by atoms with Crippen LogP contribution in [0.2, 0.25) is 0 Å². The molecule has 2 aliphatic rings. The van der Waals surface area contributed by atoms with Gasteiger partial charge in [-0.15, -0.1) is 0 Å². The van der Waals surface area contributed by atoms with Crippen molar-refractivity contribution in [3.63, 3.8) is 0 Å². The van der Waals surface area contributed by atoms with Crippen LogP contribution in [0.5, 0.6) is 0 Å². The lowest BCUT2D eigenvalue weighted by Gasteiger charge is -2.37. The minimum Gasteiger partial charge on any atom is -0.340 e. The predicted octanol–water partition coefficient (Wildman–Crippen LogP) is 0.330. The average molecular weight is 434 g/mol. The Morgan fingerprint density at radius 1 is 0.929 bits per heavy atom. The van der Waals surface area contributed by atoms with Crippen molar-refractivity contribution in [1.82, 2.24) is 13.5 Å². The maximum absolute atomic E-state index is 13.9. The number of hydrogen-bond acceptors (Lipinski definition) is 5. The molecular weight excluding hydrogens is 409 g/mol. The number of carbonyl (C=O) groups is 1. The van der Waals surface area contributed by atoms with Gasteiger partial charge >= 0.3 is 0 Å². The Bertz CT molecular complexity index is 935. The van der Waals surface area contributed by atoms with E-state index in [0.717, 1.165) is 12.3 Å². The number of sulfonamides is 2. The van der Waals surface area contributed by atoms with Gasteiger partial charge < -0.3 is 4.90 Å².